The standard InChI is InChI=1S/C24H24N2O3/c1-17-13-21(18(2)26(17)11-12-28-3)14-22(15-25)24(27)29-16-20-9-6-8-19-7-4-5-10-23(19)20/h4-10,13-14H,11-12,16H2,1-3H3/b22-14+. The largest absolute Gasteiger partial charge is 0.457 e. The van der Waals surface area contributed by atoms with Gasteiger partial charge >= 0.3 is 5.97 Å². The van der Waals surface area contributed by atoms with Crippen molar-refractivity contribution in [1.29, 1.82) is 5.26 Å². The van der Waals surface area contributed by atoms with E-state index >= 15 is 0 Å². The summed E-state index contributed by atoms with van der Waals surface area (Å²) in [6.45, 7) is 5.38. The maximum absolute atomic E-state index is 12.5. The molecule has 0 atom stereocenters. The van der Waals surface area contributed by atoms with Gasteiger partial charge in [0.05, 0.1) is 6.61 Å². The first-order valence-electron chi connectivity index (χ1n) is 9.46. The number of nitriles is 1. The summed E-state index contributed by atoms with van der Waals surface area (Å²) in [4.78, 5) is 12.5. The van der Waals surface area contributed by atoms with E-state index in [0.717, 1.165) is 39.8 Å². The fourth-order valence-corrected chi connectivity index (χ4v) is 3.43. The summed E-state index contributed by atoms with van der Waals surface area (Å²) >= 11 is 0. The van der Waals surface area contributed by atoms with E-state index < -0.39 is 5.97 Å². The number of aryl methyl sites for hydroxylation is 1. The van der Waals surface area contributed by atoms with Crippen molar-refractivity contribution in [2.45, 2.75) is 27.0 Å². The van der Waals surface area contributed by atoms with Gasteiger partial charge in [-0.2, -0.15) is 5.26 Å². The molecule has 0 bridgehead atoms. The Kier molecular flexibility index (Phi) is 6.48. The number of nitrogens with zero attached hydrogens (tertiary/aromatic N) is 2. The molecule has 29 heavy (non-hydrogen) atoms. The minimum atomic E-state index is -0.623. The summed E-state index contributed by atoms with van der Waals surface area (Å²) in [5.74, 6) is -0.623. The van der Waals surface area contributed by atoms with E-state index in [1.807, 2.05) is 68.4 Å². The third-order valence-corrected chi connectivity index (χ3v) is 5.01. The van der Waals surface area contributed by atoms with Crippen LogP contribution < -0.4 is 0 Å². The lowest BCUT2D eigenvalue weighted by Gasteiger charge is -2.09. The van der Waals surface area contributed by atoms with Crippen LogP contribution in [0.4, 0.5) is 0 Å². The van der Waals surface area contributed by atoms with Gasteiger partial charge in [0.25, 0.3) is 0 Å². The Bertz CT molecular complexity index is 1100. The summed E-state index contributed by atoms with van der Waals surface area (Å²) in [6, 6.07) is 17.7. The van der Waals surface area contributed by atoms with Gasteiger partial charge in [0.15, 0.2) is 0 Å². The molecular formula is C24H24N2O3. The van der Waals surface area contributed by atoms with Gasteiger partial charge in [-0.1, -0.05) is 42.5 Å². The number of esters is 1. The molecule has 0 saturated heterocycles. The van der Waals surface area contributed by atoms with E-state index in [2.05, 4.69) is 4.57 Å². The quantitative estimate of drug-likeness (QED) is 0.338. The van der Waals surface area contributed by atoms with Crippen LogP contribution in [0.25, 0.3) is 16.8 Å². The fourth-order valence-electron chi connectivity index (χ4n) is 3.43. The van der Waals surface area contributed by atoms with Gasteiger partial charge in [-0.25, -0.2) is 4.79 Å². The Labute approximate surface area is 170 Å². The van der Waals surface area contributed by atoms with E-state index in [9.17, 15) is 10.1 Å². The lowest BCUT2D eigenvalue weighted by molar-refractivity contribution is -0.139. The predicted molar refractivity (Wildman–Crippen MR) is 113 cm³/mol. The van der Waals surface area contributed by atoms with E-state index in [1.54, 1.807) is 13.2 Å². The van der Waals surface area contributed by atoms with Gasteiger partial charge in [-0.05, 0) is 47.9 Å². The average Bonchev–Trinajstić information content (AvgIpc) is 3.01. The number of methoxy groups -OCH3 is 1. The Morgan fingerprint density at radius 3 is 2.69 bits per heavy atom. The molecule has 5 nitrogen and oxygen atoms in total. The minimum Gasteiger partial charge on any atom is -0.457 e. The highest BCUT2D eigenvalue weighted by Crippen LogP contribution is 2.21. The Morgan fingerprint density at radius 1 is 1.17 bits per heavy atom. The van der Waals surface area contributed by atoms with Gasteiger partial charge in [0.1, 0.15) is 18.2 Å². The SMILES string of the molecule is COCCn1c(C)cc(/C=C(\C#N)C(=O)OCc2cccc3ccccc23)c1C. The normalized spacial score (nSPS) is 11.4. The highest BCUT2D eigenvalue weighted by atomic mass is 16.5. The highest BCUT2D eigenvalue weighted by Gasteiger charge is 2.15. The van der Waals surface area contributed by atoms with Crippen LogP contribution in [0.2, 0.25) is 0 Å². The monoisotopic (exact) mass is 388 g/mol. The third kappa shape index (κ3) is 4.56. The number of ether oxygens (including phenoxy) is 2. The lowest BCUT2D eigenvalue weighted by atomic mass is 10.1. The predicted octanol–water partition coefficient (Wildman–Crippen LogP) is 4.55. The summed E-state index contributed by atoms with van der Waals surface area (Å²) in [6.07, 6.45) is 1.59. The molecule has 0 N–H and O–H groups in total. The second-order valence-electron chi connectivity index (χ2n) is 6.86. The molecule has 0 aliphatic carbocycles. The number of aromatic nitrogens is 1. The second kappa shape index (κ2) is 9.22. The highest BCUT2D eigenvalue weighted by molar-refractivity contribution is 5.98. The Hall–Kier alpha value is -3.36. The summed E-state index contributed by atoms with van der Waals surface area (Å²) in [7, 11) is 1.66. The Balaban J connectivity index is 1.78. The molecular weight excluding hydrogens is 364 g/mol. The van der Waals surface area contributed by atoms with Crippen LogP contribution in [-0.4, -0.2) is 24.3 Å². The molecule has 0 fully saturated rings. The molecule has 3 aromatic rings. The molecule has 0 aliphatic heterocycles. The van der Waals surface area contributed by atoms with E-state index in [0.29, 0.717) is 6.61 Å². The average molecular weight is 388 g/mol. The molecule has 0 spiro atoms. The topological polar surface area (TPSA) is 64.2 Å². The van der Waals surface area contributed by atoms with Crippen LogP contribution in [0.5, 0.6) is 0 Å². The number of carbonyl (C=O) groups is 1. The smallest absolute Gasteiger partial charge is 0.349 e. The molecule has 2 aromatic carbocycles. The molecule has 148 valence electrons. The van der Waals surface area contributed by atoms with Gasteiger partial charge in [0.2, 0.25) is 0 Å². The van der Waals surface area contributed by atoms with Gasteiger partial charge in [-0.3, -0.25) is 0 Å². The van der Waals surface area contributed by atoms with Crippen molar-refractivity contribution in [3.05, 3.63) is 76.6 Å². The van der Waals surface area contributed by atoms with Gasteiger partial charge in [-0.15, -0.1) is 0 Å². The molecule has 0 saturated carbocycles. The number of rotatable bonds is 7. The first-order chi connectivity index (χ1) is 14.0. The van der Waals surface area contributed by atoms with Gasteiger partial charge in [0, 0.05) is 25.0 Å². The number of hydrogen-bond acceptors (Lipinski definition) is 4. The van der Waals surface area contributed by atoms with Crippen LogP contribution in [0.1, 0.15) is 22.5 Å². The second-order valence-corrected chi connectivity index (χ2v) is 6.86. The zero-order valence-corrected chi connectivity index (χ0v) is 16.9. The van der Waals surface area contributed by atoms with Crippen LogP contribution in [0.15, 0.2) is 54.1 Å². The summed E-state index contributed by atoms with van der Waals surface area (Å²) in [5, 5.41) is 11.6. The van der Waals surface area contributed by atoms with Crippen molar-refractivity contribution < 1.29 is 14.3 Å². The van der Waals surface area contributed by atoms with Crippen LogP contribution in [-0.2, 0) is 27.4 Å². The fraction of sp³-hybridized carbons (Fsp3) is 0.250. The van der Waals surface area contributed by atoms with Crippen molar-refractivity contribution in [2.75, 3.05) is 13.7 Å². The third-order valence-electron chi connectivity index (χ3n) is 5.01. The van der Waals surface area contributed by atoms with Gasteiger partial charge < -0.3 is 14.0 Å². The van der Waals surface area contributed by atoms with E-state index in [-0.39, 0.29) is 12.2 Å². The maximum Gasteiger partial charge on any atom is 0.349 e. The minimum absolute atomic E-state index is 0.0165. The number of benzene rings is 2. The Morgan fingerprint density at radius 2 is 1.93 bits per heavy atom. The first-order valence-corrected chi connectivity index (χ1v) is 9.46. The van der Waals surface area contributed by atoms with Crippen LogP contribution in [0.3, 0.4) is 0 Å². The van der Waals surface area contributed by atoms with Crippen molar-refractivity contribution in [3.63, 3.8) is 0 Å². The van der Waals surface area contributed by atoms with E-state index in [1.165, 1.54) is 0 Å². The van der Waals surface area contributed by atoms with Crippen molar-refractivity contribution >= 4 is 22.8 Å². The zero-order valence-electron chi connectivity index (χ0n) is 16.9. The first kappa shape index (κ1) is 20.4. The summed E-state index contributed by atoms with van der Waals surface area (Å²) in [5.41, 5.74) is 3.75. The number of hydrogen-bond donors (Lipinski definition) is 0. The molecule has 1 heterocycles. The number of carbonyl (C=O) groups excluding carboxylic acids is 1. The molecule has 0 unspecified atom stereocenters. The van der Waals surface area contributed by atoms with E-state index in [4.69, 9.17) is 9.47 Å². The molecule has 0 amide bonds. The van der Waals surface area contributed by atoms with Crippen LogP contribution >= 0.6 is 0 Å². The summed E-state index contributed by atoms with van der Waals surface area (Å²) < 4.78 is 12.7. The van der Waals surface area contributed by atoms with Crippen molar-refractivity contribution in [2.24, 2.45) is 0 Å². The molecule has 0 aliphatic rings. The van der Waals surface area contributed by atoms with Crippen molar-refractivity contribution in [3.8, 4) is 6.07 Å². The number of fused-ring (bicyclic) bond motifs is 1. The molecule has 1 aromatic heterocycles. The van der Waals surface area contributed by atoms with Crippen LogP contribution in [0, 0.1) is 25.2 Å². The lowest BCUT2D eigenvalue weighted by Crippen LogP contribution is -2.08. The molecule has 3 rings (SSSR count). The molecule has 5 heteroatoms. The molecule has 0 radical (unpaired) electrons. The van der Waals surface area contributed by atoms with Crippen molar-refractivity contribution in [1.82, 2.24) is 4.57 Å². The zero-order chi connectivity index (χ0) is 20.8. The maximum atomic E-state index is 12.5.